The molecule has 3 heterocycles. The average molecular weight is 450 g/mol. The number of nitrogens with one attached hydrogen (secondary N) is 1. The highest BCUT2D eigenvalue weighted by molar-refractivity contribution is 6.08. The molecule has 1 saturated heterocycles. The van der Waals surface area contributed by atoms with Crippen LogP contribution in [0, 0.1) is 0 Å². The van der Waals surface area contributed by atoms with E-state index in [0.717, 1.165) is 11.1 Å². The third-order valence-corrected chi connectivity index (χ3v) is 5.68. The van der Waals surface area contributed by atoms with Crippen molar-refractivity contribution in [3.63, 3.8) is 0 Å². The summed E-state index contributed by atoms with van der Waals surface area (Å²) in [6.45, 7) is 6.22. The predicted molar refractivity (Wildman–Crippen MR) is 127 cm³/mol. The van der Waals surface area contributed by atoms with Crippen LogP contribution in [0.5, 0.6) is 5.88 Å². The Bertz CT molecular complexity index is 1130. The van der Waals surface area contributed by atoms with Crippen molar-refractivity contribution in [2.24, 2.45) is 0 Å². The number of hydrogen-bond donors (Lipinski definition) is 1. The van der Waals surface area contributed by atoms with Crippen molar-refractivity contribution in [3.05, 3.63) is 60.2 Å². The second kappa shape index (κ2) is 9.13. The molecule has 1 aliphatic rings. The minimum atomic E-state index is -1.33. The van der Waals surface area contributed by atoms with Gasteiger partial charge in [0.2, 0.25) is 5.88 Å². The highest BCUT2D eigenvalue weighted by atomic mass is 19.1. The lowest BCUT2D eigenvalue weighted by atomic mass is 10.0. The Hall–Kier alpha value is -3.55. The summed E-state index contributed by atoms with van der Waals surface area (Å²) in [5.41, 5.74) is 1.11. The van der Waals surface area contributed by atoms with E-state index >= 15 is 0 Å². The van der Waals surface area contributed by atoms with E-state index in [1.165, 1.54) is 19.5 Å². The first kappa shape index (κ1) is 22.6. The number of carbonyl (C=O) groups excluding carboxylic acids is 1. The van der Waals surface area contributed by atoms with Gasteiger partial charge in [0.05, 0.1) is 24.9 Å². The fourth-order valence-corrected chi connectivity index (χ4v) is 3.85. The molecular formula is C25H28FN5O2. The summed E-state index contributed by atoms with van der Waals surface area (Å²) < 4.78 is 20.2. The molecule has 172 valence electrons. The Labute approximate surface area is 193 Å². The number of carbonyl (C=O) groups is 1. The Balaban J connectivity index is 1.79. The topological polar surface area (TPSA) is 80.2 Å². The maximum atomic E-state index is 14.7. The number of benzene rings is 1. The zero-order chi connectivity index (χ0) is 23.6. The van der Waals surface area contributed by atoms with Crippen LogP contribution in [0.1, 0.15) is 49.3 Å². The molecule has 1 amide bonds. The summed E-state index contributed by atoms with van der Waals surface area (Å²) in [5.74, 6) is 1.33. The van der Waals surface area contributed by atoms with Gasteiger partial charge in [-0.05, 0) is 12.5 Å². The quantitative estimate of drug-likeness (QED) is 0.579. The van der Waals surface area contributed by atoms with Crippen LogP contribution >= 0.6 is 0 Å². The molecule has 2 aromatic heterocycles. The maximum Gasteiger partial charge on any atom is 0.258 e. The van der Waals surface area contributed by atoms with Gasteiger partial charge in [0.1, 0.15) is 11.5 Å². The Morgan fingerprint density at radius 1 is 1.21 bits per heavy atom. The van der Waals surface area contributed by atoms with E-state index in [9.17, 15) is 9.18 Å². The molecule has 0 saturated carbocycles. The summed E-state index contributed by atoms with van der Waals surface area (Å²) in [7, 11) is 1.54. The Morgan fingerprint density at radius 3 is 2.48 bits per heavy atom. The molecular weight excluding hydrogens is 421 g/mol. The highest BCUT2D eigenvalue weighted by Gasteiger charge is 2.36. The number of anilines is 2. The molecule has 1 N–H and O–H groups in total. The van der Waals surface area contributed by atoms with Crippen LogP contribution in [0.4, 0.5) is 15.9 Å². The molecule has 0 spiro atoms. The first-order valence-electron chi connectivity index (χ1n) is 11.0. The van der Waals surface area contributed by atoms with E-state index in [0.29, 0.717) is 41.7 Å². The van der Waals surface area contributed by atoms with E-state index in [1.807, 2.05) is 49.1 Å². The Kier molecular flexibility index (Phi) is 6.26. The van der Waals surface area contributed by atoms with Crippen LogP contribution in [0.2, 0.25) is 0 Å². The van der Waals surface area contributed by atoms with Gasteiger partial charge >= 0.3 is 0 Å². The number of aromatic nitrogens is 3. The van der Waals surface area contributed by atoms with Crippen LogP contribution in [-0.4, -0.2) is 46.7 Å². The van der Waals surface area contributed by atoms with Crippen LogP contribution in [0.25, 0.3) is 11.1 Å². The largest absolute Gasteiger partial charge is 0.481 e. The van der Waals surface area contributed by atoms with Gasteiger partial charge in [0.25, 0.3) is 5.91 Å². The molecule has 0 bridgehead atoms. The van der Waals surface area contributed by atoms with Gasteiger partial charge in [-0.15, -0.1) is 0 Å². The van der Waals surface area contributed by atoms with E-state index in [1.54, 1.807) is 13.0 Å². The summed E-state index contributed by atoms with van der Waals surface area (Å²) in [5, 5.41) is 3.00. The van der Waals surface area contributed by atoms with Gasteiger partial charge in [-0.2, -0.15) is 4.98 Å². The molecule has 1 unspecified atom stereocenters. The minimum absolute atomic E-state index is 0.161. The molecule has 4 rings (SSSR count). The van der Waals surface area contributed by atoms with Crippen LogP contribution in [0.3, 0.4) is 0 Å². The fourth-order valence-electron chi connectivity index (χ4n) is 3.85. The van der Waals surface area contributed by atoms with E-state index < -0.39 is 5.67 Å². The van der Waals surface area contributed by atoms with Crippen molar-refractivity contribution in [1.82, 2.24) is 15.0 Å². The van der Waals surface area contributed by atoms with Crippen LogP contribution in [0.15, 0.2) is 48.8 Å². The van der Waals surface area contributed by atoms with Gasteiger partial charge in [0, 0.05) is 42.9 Å². The molecule has 0 aliphatic carbocycles. The zero-order valence-electron chi connectivity index (χ0n) is 19.3. The van der Waals surface area contributed by atoms with Gasteiger partial charge < -0.3 is 15.0 Å². The minimum Gasteiger partial charge on any atom is -0.481 e. The predicted octanol–water partition coefficient (Wildman–Crippen LogP) is 4.86. The zero-order valence-corrected chi connectivity index (χ0v) is 19.3. The summed E-state index contributed by atoms with van der Waals surface area (Å²) >= 11 is 0. The lowest BCUT2D eigenvalue weighted by molar-refractivity contribution is 0.102. The van der Waals surface area contributed by atoms with Crippen molar-refractivity contribution < 1.29 is 13.9 Å². The monoisotopic (exact) mass is 449 g/mol. The number of rotatable bonds is 6. The van der Waals surface area contributed by atoms with Crippen LogP contribution in [-0.2, 0) is 0 Å². The first-order valence-corrected chi connectivity index (χ1v) is 11.0. The van der Waals surface area contributed by atoms with Gasteiger partial charge in [-0.25, -0.2) is 14.4 Å². The summed E-state index contributed by atoms with van der Waals surface area (Å²) in [4.78, 5) is 28.2. The summed E-state index contributed by atoms with van der Waals surface area (Å²) in [6, 6.07) is 11.4. The van der Waals surface area contributed by atoms with Crippen molar-refractivity contribution in [3.8, 4) is 17.0 Å². The molecule has 33 heavy (non-hydrogen) atoms. The molecule has 1 fully saturated rings. The average Bonchev–Trinajstić information content (AvgIpc) is 3.19. The van der Waals surface area contributed by atoms with Gasteiger partial charge in [-0.3, -0.25) is 4.79 Å². The fraction of sp³-hybridized carbons (Fsp3) is 0.360. The molecule has 1 aromatic carbocycles. The van der Waals surface area contributed by atoms with Crippen molar-refractivity contribution in [2.75, 3.05) is 30.4 Å². The smallest absolute Gasteiger partial charge is 0.258 e. The maximum absolute atomic E-state index is 14.7. The second-order valence-corrected chi connectivity index (χ2v) is 8.80. The summed E-state index contributed by atoms with van der Waals surface area (Å²) in [6.07, 6.45) is 3.42. The van der Waals surface area contributed by atoms with Gasteiger partial charge in [-0.1, -0.05) is 44.2 Å². The van der Waals surface area contributed by atoms with E-state index in [4.69, 9.17) is 4.74 Å². The highest BCUT2D eigenvalue weighted by Crippen LogP contribution is 2.41. The van der Waals surface area contributed by atoms with E-state index in [2.05, 4.69) is 20.3 Å². The first-order chi connectivity index (χ1) is 15.8. The number of nitrogens with zero attached hydrogens (tertiary/aromatic N) is 4. The third-order valence-electron chi connectivity index (χ3n) is 5.68. The van der Waals surface area contributed by atoms with Crippen LogP contribution < -0.4 is 15.0 Å². The number of halogens is 1. The number of methoxy groups -OCH3 is 1. The number of hydrogen-bond acceptors (Lipinski definition) is 6. The molecule has 7 nitrogen and oxygen atoms in total. The lowest BCUT2D eigenvalue weighted by Gasteiger charge is -2.24. The van der Waals surface area contributed by atoms with E-state index in [-0.39, 0.29) is 18.4 Å². The molecule has 1 aliphatic heterocycles. The lowest BCUT2D eigenvalue weighted by Crippen LogP contribution is -2.28. The van der Waals surface area contributed by atoms with Crippen molar-refractivity contribution in [1.29, 1.82) is 0 Å². The SMILES string of the molecule is COc1cc(-c2ccccc2)c(NC(=O)c2cnc(C(C)C)nc2)c(N2CCC(C)(F)C2)n1. The number of ether oxygens (including phenoxy) is 1. The third kappa shape index (κ3) is 4.94. The standard InChI is InChI=1S/C25H28FN5O2/c1-16(2)22-27-13-18(14-28-22)24(32)30-21-19(17-8-6-5-7-9-17)12-20(33-4)29-23(21)31-11-10-25(3,26)15-31/h5-9,12-14,16H,10-11,15H2,1-4H3,(H,30,32). The van der Waals surface area contributed by atoms with Gasteiger partial charge in [0.15, 0.2) is 5.82 Å². The normalized spacial score (nSPS) is 17.9. The molecule has 0 radical (unpaired) electrons. The number of pyridine rings is 1. The molecule has 1 atom stereocenters. The Morgan fingerprint density at radius 2 is 1.91 bits per heavy atom. The second-order valence-electron chi connectivity index (χ2n) is 8.80. The number of alkyl halides is 1. The van der Waals surface area contributed by atoms with Crippen molar-refractivity contribution in [2.45, 2.75) is 38.8 Å². The molecule has 3 aromatic rings. The molecule has 8 heteroatoms. The number of amides is 1. The van der Waals surface area contributed by atoms with Crippen molar-refractivity contribution >= 4 is 17.4 Å².